The number of hydrogen-bond acceptors (Lipinski definition) is 6. The third-order valence-electron chi connectivity index (χ3n) is 5.73. The van der Waals surface area contributed by atoms with Crippen LogP contribution < -0.4 is 16.4 Å². The van der Waals surface area contributed by atoms with E-state index in [1.807, 2.05) is 72.2 Å². The molecule has 2 aromatic heterocycles. The molecule has 2 heterocycles. The van der Waals surface area contributed by atoms with Crippen LogP contribution in [0.1, 0.15) is 16.7 Å². The fourth-order valence-corrected chi connectivity index (χ4v) is 3.95. The maximum atomic E-state index is 12.2. The van der Waals surface area contributed by atoms with E-state index in [1.54, 1.807) is 24.5 Å². The van der Waals surface area contributed by atoms with Gasteiger partial charge in [-0.25, -0.2) is 4.98 Å². The minimum atomic E-state index is -0.251. The van der Waals surface area contributed by atoms with E-state index in [9.17, 15) is 4.79 Å². The Kier molecular flexibility index (Phi) is 6.83. The monoisotopic (exact) mass is 509 g/mol. The molecule has 0 aliphatic rings. The summed E-state index contributed by atoms with van der Waals surface area (Å²) in [7, 11) is 0. The van der Waals surface area contributed by atoms with Gasteiger partial charge < -0.3 is 20.9 Å². The lowest BCUT2D eigenvalue weighted by Gasteiger charge is -2.08. The number of nitrogen functional groups attached to an aromatic ring is 1. The summed E-state index contributed by atoms with van der Waals surface area (Å²) in [6, 6.07) is 23.0. The van der Waals surface area contributed by atoms with Gasteiger partial charge in [0, 0.05) is 11.8 Å². The SMILES string of the molecule is Cc1ccc(Nc2nc(Cl)nc3c2ncn3Cc2ccc(/C=C/C(=O)Nc3ccccc3N)cc2)cc1. The quantitative estimate of drug-likeness (QED) is 0.145. The summed E-state index contributed by atoms with van der Waals surface area (Å²) in [4.78, 5) is 25.5. The molecule has 1 amide bonds. The predicted molar refractivity (Wildman–Crippen MR) is 149 cm³/mol. The van der Waals surface area contributed by atoms with Gasteiger partial charge in [-0.15, -0.1) is 0 Å². The number of halogens is 1. The molecular weight excluding hydrogens is 486 g/mol. The Bertz CT molecular complexity index is 1590. The Balaban J connectivity index is 1.29. The molecule has 5 rings (SSSR count). The Morgan fingerprint density at radius 2 is 1.78 bits per heavy atom. The van der Waals surface area contributed by atoms with Crippen LogP contribution >= 0.6 is 11.6 Å². The van der Waals surface area contributed by atoms with Gasteiger partial charge in [0.05, 0.1) is 24.2 Å². The number of nitrogens with two attached hydrogens (primary N) is 1. The smallest absolute Gasteiger partial charge is 0.248 e. The van der Waals surface area contributed by atoms with Gasteiger partial charge in [0.1, 0.15) is 0 Å². The number of rotatable bonds is 7. The molecule has 0 radical (unpaired) electrons. The zero-order valence-electron chi connectivity index (χ0n) is 20.0. The first-order valence-electron chi connectivity index (χ1n) is 11.6. The summed E-state index contributed by atoms with van der Waals surface area (Å²) in [5.41, 5.74) is 12.2. The zero-order chi connectivity index (χ0) is 25.8. The number of nitrogens with zero attached hydrogens (tertiary/aromatic N) is 4. The second-order valence-electron chi connectivity index (χ2n) is 8.53. The van der Waals surface area contributed by atoms with Crippen molar-refractivity contribution < 1.29 is 4.79 Å². The number of aryl methyl sites for hydroxylation is 1. The highest BCUT2D eigenvalue weighted by Crippen LogP contribution is 2.25. The zero-order valence-corrected chi connectivity index (χ0v) is 20.8. The molecule has 4 N–H and O–H groups in total. The van der Waals surface area contributed by atoms with Gasteiger partial charge in [0.25, 0.3) is 0 Å². The Labute approximate surface area is 218 Å². The number of para-hydroxylation sites is 2. The number of imidazole rings is 1. The van der Waals surface area contributed by atoms with Crippen molar-refractivity contribution in [2.45, 2.75) is 13.5 Å². The summed E-state index contributed by atoms with van der Waals surface area (Å²) in [5, 5.41) is 6.20. The number of carbonyl (C=O) groups excluding carboxylic acids is 1. The molecule has 37 heavy (non-hydrogen) atoms. The first-order valence-corrected chi connectivity index (χ1v) is 12.0. The lowest BCUT2D eigenvalue weighted by Crippen LogP contribution is -2.09. The maximum absolute atomic E-state index is 12.2. The van der Waals surface area contributed by atoms with E-state index in [4.69, 9.17) is 17.3 Å². The number of anilines is 4. The largest absolute Gasteiger partial charge is 0.397 e. The fourth-order valence-electron chi connectivity index (χ4n) is 3.78. The minimum absolute atomic E-state index is 0.139. The van der Waals surface area contributed by atoms with Crippen LogP contribution in [0.3, 0.4) is 0 Å². The number of carbonyl (C=O) groups is 1. The maximum Gasteiger partial charge on any atom is 0.248 e. The van der Waals surface area contributed by atoms with Crippen molar-refractivity contribution in [3.63, 3.8) is 0 Å². The Morgan fingerprint density at radius 1 is 1.03 bits per heavy atom. The molecule has 3 aromatic carbocycles. The molecule has 5 aromatic rings. The molecule has 0 aliphatic heterocycles. The highest BCUT2D eigenvalue weighted by Gasteiger charge is 2.13. The van der Waals surface area contributed by atoms with Gasteiger partial charge in [-0.2, -0.15) is 9.97 Å². The van der Waals surface area contributed by atoms with Crippen molar-refractivity contribution >= 4 is 57.6 Å². The summed E-state index contributed by atoms with van der Waals surface area (Å²) in [6.07, 6.45) is 4.95. The normalized spacial score (nSPS) is 11.2. The number of benzene rings is 3. The third kappa shape index (κ3) is 5.76. The van der Waals surface area contributed by atoms with Crippen molar-refractivity contribution in [2.75, 3.05) is 16.4 Å². The van der Waals surface area contributed by atoms with Crippen LogP contribution in [0.4, 0.5) is 22.9 Å². The topological polar surface area (TPSA) is 111 Å². The number of nitrogens with one attached hydrogen (secondary N) is 2. The van der Waals surface area contributed by atoms with Crippen molar-refractivity contribution in [1.82, 2.24) is 19.5 Å². The number of fused-ring (bicyclic) bond motifs is 1. The van der Waals surface area contributed by atoms with E-state index < -0.39 is 0 Å². The predicted octanol–water partition coefficient (Wildman–Crippen LogP) is 5.81. The van der Waals surface area contributed by atoms with Crippen molar-refractivity contribution in [1.29, 1.82) is 0 Å². The summed E-state index contributed by atoms with van der Waals surface area (Å²) in [6.45, 7) is 2.58. The van der Waals surface area contributed by atoms with E-state index in [0.29, 0.717) is 34.9 Å². The average Bonchev–Trinajstić information content (AvgIpc) is 3.29. The molecule has 184 valence electrons. The summed E-state index contributed by atoms with van der Waals surface area (Å²) in [5.74, 6) is 0.298. The summed E-state index contributed by atoms with van der Waals surface area (Å²) < 4.78 is 1.92. The van der Waals surface area contributed by atoms with Crippen LogP contribution in [0, 0.1) is 6.92 Å². The molecule has 0 saturated heterocycles. The van der Waals surface area contributed by atoms with Gasteiger partial charge >= 0.3 is 0 Å². The molecule has 0 atom stereocenters. The Hall–Kier alpha value is -4.69. The molecule has 0 aliphatic carbocycles. The second kappa shape index (κ2) is 10.5. The number of hydrogen-bond donors (Lipinski definition) is 3. The highest BCUT2D eigenvalue weighted by atomic mass is 35.5. The van der Waals surface area contributed by atoms with E-state index in [0.717, 1.165) is 16.8 Å². The number of amides is 1. The van der Waals surface area contributed by atoms with Crippen LogP contribution in [0.15, 0.2) is 85.2 Å². The molecule has 0 bridgehead atoms. The molecule has 9 heteroatoms. The lowest BCUT2D eigenvalue weighted by molar-refractivity contribution is -0.111. The molecular formula is C28H24ClN7O. The van der Waals surface area contributed by atoms with Crippen LogP contribution in [0.25, 0.3) is 17.2 Å². The average molecular weight is 510 g/mol. The molecule has 0 unspecified atom stereocenters. The van der Waals surface area contributed by atoms with Crippen molar-refractivity contribution in [2.24, 2.45) is 0 Å². The van der Waals surface area contributed by atoms with E-state index in [1.165, 1.54) is 11.6 Å². The van der Waals surface area contributed by atoms with Gasteiger partial charge in [-0.05, 0) is 60.0 Å². The Morgan fingerprint density at radius 3 is 2.54 bits per heavy atom. The highest BCUT2D eigenvalue weighted by molar-refractivity contribution is 6.28. The van der Waals surface area contributed by atoms with Crippen LogP contribution in [-0.4, -0.2) is 25.4 Å². The lowest BCUT2D eigenvalue weighted by atomic mass is 10.1. The standard InChI is InChI=1S/C28H24ClN7O/c1-18-6-13-21(14-7-18)32-26-25-27(35-28(29)34-26)36(17-31-25)16-20-10-8-19(9-11-20)12-15-24(37)33-23-5-3-2-4-22(23)30/h2-15,17H,16,30H2,1H3,(H,33,37)(H,32,34,35)/b15-12+. The van der Waals surface area contributed by atoms with Crippen molar-refractivity contribution in [3.8, 4) is 0 Å². The fraction of sp³-hybridized carbons (Fsp3) is 0.0714. The van der Waals surface area contributed by atoms with E-state index in [-0.39, 0.29) is 11.2 Å². The van der Waals surface area contributed by atoms with Crippen LogP contribution in [0.2, 0.25) is 5.28 Å². The van der Waals surface area contributed by atoms with Crippen molar-refractivity contribution in [3.05, 3.63) is 107 Å². The minimum Gasteiger partial charge on any atom is -0.397 e. The molecule has 0 saturated carbocycles. The molecule has 8 nitrogen and oxygen atoms in total. The van der Waals surface area contributed by atoms with Crippen LogP contribution in [-0.2, 0) is 11.3 Å². The van der Waals surface area contributed by atoms with Gasteiger partial charge in [0.2, 0.25) is 11.2 Å². The molecule has 0 fully saturated rings. The number of aromatic nitrogens is 4. The van der Waals surface area contributed by atoms with Gasteiger partial charge in [-0.3, -0.25) is 4.79 Å². The molecule has 0 spiro atoms. The van der Waals surface area contributed by atoms with Gasteiger partial charge in [-0.1, -0.05) is 54.1 Å². The first kappa shape index (κ1) is 24.0. The van der Waals surface area contributed by atoms with Crippen LogP contribution in [0.5, 0.6) is 0 Å². The van der Waals surface area contributed by atoms with Gasteiger partial charge in [0.15, 0.2) is 17.0 Å². The van der Waals surface area contributed by atoms with E-state index in [2.05, 4.69) is 25.6 Å². The van der Waals surface area contributed by atoms with E-state index >= 15 is 0 Å². The summed E-state index contributed by atoms with van der Waals surface area (Å²) >= 11 is 6.24. The first-order chi connectivity index (χ1) is 17.9. The second-order valence-corrected chi connectivity index (χ2v) is 8.87. The third-order valence-corrected chi connectivity index (χ3v) is 5.90.